The van der Waals surface area contributed by atoms with Gasteiger partial charge in [0, 0.05) is 11.6 Å². The van der Waals surface area contributed by atoms with E-state index in [9.17, 15) is 22.8 Å². The number of nitrogens with one attached hydrogen (secondary N) is 1. The topological polar surface area (TPSA) is 64.0 Å². The van der Waals surface area contributed by atoms with E-state index in [1.54, 1.807) is 0 Å². The van der Waals surface area contributed by atoms with Gasteiger partial charge >= 0.3 is 6.18 Å². The Kier molecular flexibility index (Phi) is 5.81. The summed E-state index contributed by atoms with van der Waals surface area (Å²) in [6, 6.07) is 14.7. The lowest BCUT2D eigenvalue weighted by atomic mass is 10.1. The third-order valence-electron chi connectivity index (χ3n) is 4.38. The van der Waals surface area contributed by atoms with Crippen LogP contribution in [0.4, 0.5) is 13.2 Å². The van der Waals surface area contributed by atoms with E-state index in [1.165, 1.54) is 24.5 Å². The van der Waals surface area contributed by atoms with Gasteiger partial charge in [-0.05, 0) is 24.6 Å². The van der Waals surface area contributed by atoms with Gasteiger partial charge in [-0.1, -0.05) is 42.5 Å². The van der Waals surface area contributed by atoms with E-state index in [0.29, 0.717) is 5.56 Å². The number of carbonyl (C=O) groups is 1. The number of nitrogens with zero attached hydrogens (tertiary/aromatic N) is 2. The zero-order valence-corrected chi connectivity index (χ0v) is 15.5. The maximum Gasteiger partial charge on any atom is 0.416 e. The molecular weight excluding hydrogens is 383 g/mol. The van der Waals surface area contributed by atoms with Crippen LogP contribution in [-0.2, 0) is 17.5 Å². The number of benzene rings is 2. The second kappa shape index (κ2) is 8.30. The zero-order chi connectivity index (χ0) is 21.0. The molecule has 150 valence electrons. The predicted octanol–water partition coefficient (Wildman–Crippen LogP) is 3.81. The van der Waals surface area contributed by atoms with Crippen molar-refractivity contribution in [3.8, 4) is 11.3 Å². The van der Waals surface area contributed by atoms with Gasteiger partial charge in [-0.2, -0.15) is 13.2 Å². The second-order valence-corrected chi connectivity index (χ2v) is 6.52. The Morgan fingerprint density at radius 1 is 1.10 bits per heavy atom. The van der Waals surface area contributed by atoms with Crippen molar-refractivity contribution in [2.24, 2.45) is 0 Å². The number of aromatic nitrogens is 2. The molecule has 0 aliphatic heterocycles. The summed E-state index contributed by atoms with van der Waals surface area (Å²) in [5, 5.41) is 2.81. The lowest BCUT2D eigenvalue weighted by Gasteiger charge is -2.15. The van der Waals surface area contributed by atoms with E-state index in [4.69, 9.17) is 0 Å². The lowest BCUT2D eigenvalue weighted by Crippen LogP contribution is -2.33. The fourth-order valence-corrected chi connectivity index (χ4v) is 2.80. The van der Waals surface area contributed by atoms with Crippen molar-refractivity contribution in [1.82, 2.24) is 14.9 Å². The Labute approximate surface area is 164 Å². The molecule has 0 saturated carbocycles. The first-order valence-electron chi connectivity index (χ1n) is 8.82. The summed E-state index contributed by atoms with van der Waals surface area (Å²) < 4.78 is 39.1. The summed E-state index contributed by atoms with van der Waals surface area (Å²) >= 11 is 0. The second-order valence-electron chi connectivity index (χ2n) is 6.52. The monoisotopic (exact) mass is 401 g/mol. The first-order chi connectivity index (χ1) is 13.7. The fraction of sp³-hybridized carbons (Fsp3) is 0.190. The van der Waals surface area contributed by atoms with Crippen molar-refractivity contribution in [2.75, 3.05) is 0 Å². The van der Waals surface area contributed by atoms with Crippen molar-refractivity contribution >= 4 is 5.91 Å². The minimum Gasteiger partial charge on any atom is -0.348 e. The first kappa shape index (κ1) is 20.3. The van der Waals surface area contributed by atoms with Crippen LogP contribution in [0.25, 0.3) is 11.3 Å². The maximum atomic E-state index is 12.7. The van der Waals surface area contributed by atoms with Gasteiger partial charge < -0.3 is 5.32 Å². The molecule has 1 unspecified atom stereocenters. The van der Waals surface area contributed by atoms with Gasteiger partial charge in [0.25, 0.3) is 5.56 Å². The molecule has 0 aliphatic rings. The molecule has 29 heavy (non-hydrogen) atoms. The van der Waals surface area contributed by atoms with Gasteiger partial charge in [-0.25, -0.2) is 4.98 Å². The molecule has 1 N–H and O–H groups in total. The van der Waals surface area contributed by atoms with Crippen LogP contribution in [0.15, 0.2) is 71.8 Å². The molecule has 0 aliphatic carbocycles. The molecule has 8 heteroatoms. The third-order valence-corrected chi connectivity index (χ3v) is 4.38. The number of carbonyl (C=O) groups excluding carboxylic acids is 1. The standard InChI is InChI=1S/C21H18F3N3O2/c1-14(15-5-3-2-4-6-15)26-19(28)12-27-13-25-18(11-20(27)29)16-7-9-17(10-8-16)21(22,23)24/h2-11,13-14H,12H2,1H3,(H,26,28). The van der Waals surface area contributed by atoms with Crippen LogP contribution in [0.1, 0.15) is 24.1 Å². The highest BCUT2D eigenvalue weighted by molar-refractivity contribution is 5.76. The summed E-state index contributed by atoms with van der Waals surface area (Å²) in [7, 11) is 0. The molecular formula is C21H18F3N3O2. The third kappa shape index (κ3) is 5.10. The molecule has 0 bridgehead atoms. The van der Waals surface area contributed by atoms with E-state index in [0.717, 1.165) is 22.3 Å². The van der Waals surface area contributed by atoms with Crippen LogP contribution < -0.4 is 10.9 Å². The van der Waals surface area contributed by atoms with E-state index >= 15 is 0 Å². The molecule has 0 saturated heterocycles. The molecule has 5 nitrogen and oxygen atoms in total. The van der Waals surface area contributed by atoms with Crippen molar-refractivity contribution in [1.29, 1.82) is 0 Å². The van der Waals surface area contributed by atoms with Gasteiger partial charge in [0.1, 0.15) is 6.54 Å². The molecule has 3 aromatic rings. The predicted molar refractivity (Wildman–Crippen MR) is 102 cm³/mol. The average molecular weight is 401 g/mol. The summed E-state index contributed by atoms with van der Waals surface area (Å²) in [6.45, 7) is 1.62. The van der Waals surface area contributed by atoms with Gasteiger partial charge in [0.05, 0.1) is 23.6 Å². The highest BCUT2D eigenvalue weighted by Gasteiger charge is 2.30. The van der Waals surface area contributed by atoms with Crippen LogP contribution >= 0.6 is 0 Å². The summed E-state index contributed by atoms with van der Waals surface area (Å²) in [6.07, 6.45) is -3.22. The van der Waals surface area contributed by atoms with Gasteiger partial charge in [-0.15, -0.1) is 0 Å². The van der Waals surface area contributed by atoms with Crippen LogP contribution in [0.5, 0.6) is 0 Å². The smallest absolute Gasteiger partial charge is 0.348 e. The van der Waals surface area contributed by atoms with Crippen LogP contribution in [0, 0.1) is 0 Å². The number of hydrogen-bond acceptors (Lipinski definition) is 3. The van der Waals surface area contributed by atoms with Crippen LogP contribution in [0.3, 0.4) is 0 Å². The molecule has 1 aromatic heterocycles. The van der Waals surface area contributed by atoms with Crippen molar-refractivity contribution < 1.29 is 18.0 Å². The number of rotatable bonds is 5. The molecule has 0 radical (unpaired) electrons. The minimum absolute atomic E-state index is 0.212. The maximum absolute atomic E-state index is 12.7. The zero-order valence-electron chi connectivity index (χ0n) is 15.5. The Morgan fingerprint density at radius 2 is 1.76 bits per heavy atom. The summed E-state index contributed by atoms with van der Waals surface area (Å²) in [5.41, 5.74) is 0.294. The van der Waals surface area contributed by atoms with Gasteiger partial charge in [0.2, 0.25) is 5.91 Å². The van der Waals surface area contributed by atoms with Crippen molar-refractivity contribution in [3.63, 3.8) is 0 Å². The molecule has 1 heterocycles. The van der Waals surface area contributed by atoms with Crippen LogP contribution in [-0.4, -0.2) is 15.5 Å². The first-order valence-corrected chi connectivity index (χ1v) is 8.82. The Balaban J connectivity index is 1.69. The van der Waals surface area contributed by atoms with Crippen molar-refractivity contribution in [2.45, 2.75) is 25.7 Å². The number of alkyl halides is 3. The highest BCUT2D eigenvalue weighted by Crippen LogP contribution is 2.30. The molecule has 2 aromatic carbocycles. The summed E-state index contributed by atoms with van der Waals surface area (Å²) in [4.78, 5) is 28.6. The molecule has 3 rings (SSSR count). The number of hydrogen-bond donors (Lipinski definition) is 1. The van der Waals surface area contributed by atoms with Crippen LogP contribution in [0.2, 0.25) is 0 Å². The lowest BCUT2D eigenvalue weighted by molar-refractivity contribution is -0.137. The molecule has 0 spiro atoms. The van der Waals surface area contributed by atoms with E-state index in [1.807, 2.05) is 37.3 Å². The largest absolute Gasteiger partial charge is 0.416 e. The molecule has 1 atom stereocenters. The number of amides is 1. The molecule has 1 amide bonds. The van der Waals surface area contributed by atoms with Crippen molar-refractivity contribution in [3.05, 3.63) is 88.5 Å². The van der Waals surface area contributed by atoms with Gasteiger partial charge in [-0.3, -0.25) is 14.2 Å². The Morgan fingerprint density at radius 3 is 2.34 bits per heavy atom. The highest BCUT2D eigenvalue weighted by atomic mass is 19.4. The quantitative estimate of drug-likeness (QED) is 0.707. The van der Waals surface area contributed by atoms with E-state index in [-0.39, 0.29) is 24.2 Å². The van der Waals surface area contributed by atoms with Gasteiger partial charge in [0.15, 0.2) is 0 Å². The van der Waals surface area contributed by atoms with E-state index < -0.39 is 17.3 Å². The summed E-state index contributed by atoms with van der Waals surface area (Å²) in [5.74, 6) is -0.354. The van der Waals surface area contributed by atoms with E-state index in [2.05, 4.69) is 10.3 Å². The normalized spacial score (nSPS) is 12.4. The minimum atomic E-state index is -4.43. The average Bonchev–Trinajstić information content (AvgIpc) is 2.69. The Hall–Kier alpha value is -3.42. The Bertz CT molecular complexity index is 1050. The SMILES string of the molecule is CC(NC(=O)Cn1cnc(-c2ccc(C(F)(F)F)cc2)cc1=O)c1ccccc1. The number of halogens is 3. The fourth-order valence-electron chi connectivity index (χ4n) is 2.80. The molecule has 0 fully saturated rings.